The molecule has 1 unspecified atom stereocenters. The number of hydrogen-bond acceptors (Lipinski definition) is 5. The molecule has 0 aromatic rings. The van der Waals surface area contributed by atoms with Gasteiger partial charge in [0.15, 0.2) is 5.78 Å². The second-order valence-electron chi connectivity index (χ2n) is 6.56. The van der Waals surface area contributed by atoms with E-state index in [1.165, 1.54) is 0 Å². The van der Waals surface area contributed by atoms with Gasteiger partial charge in [0.25, 0.3) is 0 Å². The number of hydrogen-bond donors (Lipinski definition) is 0. The van der Waals surface area contributed by atoms with Gasteiger partial charge in [-0.3, -0.25) is 9.59 Å². The topological polar surface area (TPSA) is 61.8 Å². The maximum atomic E-state index is 12.4. The average molecular weight is 344 g/mol. The van der Waals surface area contributed by atoms with Crippen molar-refractivity contribution in [1.29, 1.82) is 0 Å². The van der Waals surface area contributed by atoms with Crippen LogP contribution in [0.1, 0.15) is 79.6 Å². The molecule has 0 aliphatic heterocycles. The Morgan fingerprint density at radius 2 is 1.67 bits per heavy atom. The zero-order valence-corrected chi connectivity index (χ0v) is 16.2. The molecule has 0 aromatic carbocycles. The average Bonchev–Trinajstić information content (AvgIpc) is 2.54. The summed E-state index contributed by atoms with van der Waals surface area (Å²) >= 11 is 0. The minimum Gasteiger partial charge on any atom is -0.463 e. The SMILES string of the molecule is CCCC(=O)OCCOC(C)(CC)C(=O)CCCCCOC(C)C. The number of carbonyl (C=O) groups is 2. The lowest BCUT2D eigenvalue weighted by Crippen LogP contribution is -2.38. The summed E-state index contributed by atoms with van der Waals surface area (Å²) in [4.78, 5) is 23.7. The highest BCUT2D eigenvalue weighted by molar-refractivity contribution is 5.86. The summed E-state index contributed by atoms with van der Waals surface area (Å²) in [5, 5.41) is 0. The van der Waals surface area contributed by atoms with Gasteiger partial charge >= 0.3 is 5.97 Å². The van der Waals surface area contributed by atoms with Crippen molar-refractivity contribution < 1.29 is 23.8 Å². The number of esters is 1. The predicted octanol–water partition coefficient (Wildman–Crippen LogP) is 4.07. The van der Waals surface area contributed by atoms with Crippen molar-refractivity contribution in [3.05, 3.63) is 0 Å². The van der Waals surface area contributed by atoms with Gasteiger partial charge in [0.05, 0.1) is 12.7 Å². The predicted molar refractivity (Wildman–Crippen MR) is 95.1 cm³/mol. The summed E-state index contributed by atoms with van der Waals surface area (Å²) in [6.07, 6.45) is 5.39. The highest BCUT2D eigenvalue weighted by Gasteiger charge is 2.31. The first-order chi connectivity index (χ1) is 11.4. The number of unbranched alkanes of at least 4 members (excludes halogenated alkanes) is 2. The molecule has 0 saturated heterocycles. The highest BCUT2D eigenvalue weighted by atomic mass is 16.6. The molecule has 0 amide bonds. The van der Waals surface area contributed by atoms with Gasteiger partial charge in [-0.15, -0.1) is 0 Å². The van der Waals surface area contributed by atoms with Gasteiger partial charge in [-0.05, 0) is 46.5 Å². The van der Waals surface area contributed by atoms with Crippen molar-refractivity contribution in [1.82, 2.24) is 0 Å². The van der Waals surface area contributed by atoms with Crippen molar-refractivity contribution in [3.8, 4) is 0 Å². The molecule has 1 atom stereocenters. The van der Waals surface area contributed by atoms with E-state index in [-0.39, 0.29) is 31.1 Å². The van der Waals surface area contributed by atoms with E-state index in [1.54, 1.807) is 0 Å². The van der Waals surface area contributed by atoms with Crippen LogP contribution in [0.5, 0.6) is 0 Å². The van der Waals surface area contributed by atoms with Crippen LogP contribution < -0.4 is 0 Å². The molecule has 0 spiro atoms. The fourth-order valence-corrected chi connectivity index (χ4v) is 2.23. The maximum absolute atomic E-state index is 12.4. The van der Waals surface area contributed by atoms with Crippen molar-refractivity contribution in [2.24, 2.45) is 0 Å². The summed E-state index contributed by atoms with van der Waals surface area (Å²) in [5.41, 5.74) is -0.786. The first kappa shape index (κ1) is 23.1. The molecule has 0 aromatic heterocycles. The first-order valence-corrected chi connectivity index (χ1v) is 9.30. The molecule has 0 heterocycles. The van der Waals surface area contributed by atoms with Gasteiger partial charge in [-0.1, -0.05) is 20.3 Å². The van der Waals surface area contributed by atoms with Gasteiger partial charge in [0.2, 0.25) is 0 Å². The van der Waals surface area contributed by atoms with E-state index in [1.807, 2.05) is 34.6 Å². The van der Waals surface area contributed by atoms with Gasteiger partial charge < -0.3 is 14.2 Å². The molecular weight excluding hydrogens is 308 g/mol. The van der Waals surface area contributed by atoms with Crippen molar-refractivity contribution in [2.75, 3.05) is 19.8 Å². The summed E-state index contributed by atoms with van der Waals surface area (Å²) in [7, 11) is 0. The van der Waals surface area contributed by atoms with E-state index < -0.39 is 5.60 Å². The second-order valence-corrected chi connectivity index (χ2v) is 6.56. The van der Waals surface area contributed by atoms with E-state index in [0.29, 0.717) is 19.3 Å². The lowest BCUT2D eigenvalue weighted by molar-refractivity contribution is -0.152. The molecule has 0 N–H and O–H groups in total. The molecule has 24 heavy (non-hydrogen) atoms. The monoisotopic (exact) mass is 344 g/mol. The third-order valence-electron chi connectivity index (χ3n) is 3.99. The maximum Gasteiger partial charge on any atom is 0.305 e. The molecule has 142 valence electrons. The van der Waals surface area contributed by atoms with Crippen LogP contribution in [0.2, 0.25) is 0 Å². The zero-order valence-electron chi connectivity index (χ0n) is 16.2. The molecule has 0 bridgehead atoms. The number of Topliss-reactive ketones (excluding diaryl/α,β-unsaturated/α-hetero) is 1. The third-order valence-corrected chi connectivity index (χ3v) is 3.99. The fraction of sp³-hybridized carbons (Fsp3) is 0.895. The lowest BCUT2D eigenvalue weighted by Gasteiger charge is -2.27. The van der Waals surface area contributed by atoms with E-state index >= 15 is 0 Å². The van der Waals surface area contributed by atoms with Crippen LogP contribution in [0.4, 0.5) is 0 Å². The van der Waals surface area contributed by atoms with Gasteiger partial charge in [-0.25, -0.2) is 0 Å². The second kappa shape index (κ2) is 13.4. The molecule has 0 saturated carbocycles. The molecule has 0 radical (unpaired) electrons. The Morgan fingerprint density at radius 1 is 0.958 bits per heavy atom. The van der Waals surface area contributed by atoms with Gasteiger partial charge in [0.1, 0.15) is 12.2 Å². The summed E-state index contributed by atoms with van der Waals surface area (Å²) < 4.78 is 16.3. The molecule has 0 rings (SSSR count). The Bertz CT molecular complexity index is 354. The standard InChI is InChI=1S/C19H36O5/c1-6-11-18(21)23-14-15-24-19(5,7-2)17(20)12-9-8-10-13-22-16(3)4/h16H,6-15H2,1-5H3. The van der Waals surface area contributed by atoms with Crippen LogP contribution in [-0.2, 0) is 23.8 Å². The quantitative estimate of drug-likeness (QED) is 0.331. The molecule has 5 heteroatoms. The van der Waals surface area contributed by atoms with Gasteiger partial charge in [-0.2, -0.15) is 0 Å². The molecule has 0 aliphatic carbocycles. The highest BCUT2D eigenvalue weighted by Crippen LogP contribution is 2.20. The third kappa shape index (κ3) is 10.8. The lowest BCUT2D eigenvalue weighted by atomic mass is 9.93. The number of carbonyl (C=O) groups excluding carboxylic acids is 2. The van der Waals surface area contributed by atoms with E-state index in [0.717, 1.165) is 32.3 Å². The summed E-state index contributed by atoms with van der Waals surface area (Å²) in [6, 6.07) is 0. The van der Waals surface area contributed by atoms with Crippen LogP contribution in [0.25, 0.3) is 0 Å². The van der Waals surface area contributed by atoms with Crippen LogP contribution >= 0.6 is 0 Å². The Kier molecular flexibility index (Phi) is 12.8. The number of ether oxygens (including phenoxy) is 3. The van der Waals surface area contributed by atoms with Crippen LogP contribution in [0, 0.1) is 0 Å². The van der Waals surface area contributed by atoms with Crippen LogP contribution in [0.15, 0.2) is 0 Å². The van der Waals surface area contributed by atoms with Gasteiger partial charge in [0, 0.05) is 19.4 Å². The summed E-state index contributed by atoms with van der Waals surface area (Å²) in [5.74, 6) is -0.0936. The zero-order chi connectivity index (χ0) is 18.4. The summed E-state index contributed by atoms with van der Waals surface area (Å²) in [6.45, 7) is 10.9. The smallest absolute Gasteiger partial charge is 0.305 e. The van der Waals surface area contributed by atoms with Crippen molar-refractivity contribution in [3.63, 3.8) is 0 Å². The minimum atomic E-state index is -0.786. The van der Waals surface area contributed by atoms with Crippen molar-refractivity contribution in [2.45, 2.75) is 91.3 Å². The normalized spacial score (nSPS) is 13.8. The van der Waals surface area contributed by atoms with Crippen LogP contribution in [-0.4, -0.2) is 43.3 Å². The minimum absolute atomic E-state index is 0.120. The Morgan fingerprint density at radius 3 is 2.25 bits per heavy atom. The largest absolute Gasteiger partial charge is 0.463 e. The van der Waals surface area contributed by atoms with E-state index in [4.69, 9.17) is 14.2 Å². The Balaban J connectivity index is 3.96. The molecular formula is C19H36O5. The molecule has 5 nitrogen and oxygen atoms in total. The molecule has 0 fully saturated rings. The van der Waals surface area contributed by atoms with Crippen molar-refractivity contribution >= 4 is 11.8 Å². The van der Waals surface area contributed by atoms with Crippen LogP contribution in [0.3, 0.4) is 0 Å². The number of ketones is 1. The number of rotatable bonds is 15. The van der Waals surface area contributed by atoms with E-state index in [9.17, 15) is 9.59 Å². The fourth-order valence-electron chi connectivity index (χ4n) is 2.23. The molecule has 0 aliphatic rings. The Labute approximate surface area is 147 Å². The van der Waals surface area contributed by atoms with E-state index in [2.05, 4.69) is 0 Å². The Hall–Kier alpha value is -0.940. The first-order valence-electron chi connectivity index (χ1n) is 9.30.